The Balaban J connectivity index is 1.31. The molecule has 0 aliphatic heterocycles. The average molecular weight is 421 g/mol. The van der Waals surface area contributed by atoms with Crippen LogP contribution in [0.3, 0.4) is 0 Å². The third kappa shape index (κ3) is 5.23. The van der Waals surface area contributed by atoms with E-state index in [9.17, 15) is 4.79 Å². The minimum absolute atomic E-state index is 0.0204. The molecule has 1 amide bonds. The summed E-state index contributed by atoms with van der Waals surface area (Å²) >= 11 is 0. The van der Waals surface area contributed by atoms with E-state index in [4.69, 9.17) is 14.6 Å². The monoisotopic (exact) mass is 420 g/mol. The Hall–Kier alpha value is -3.35. The number of carbonyl (C=O) groups is 1. The minimum atomic E-state index is -0.149. The highest BCUT2D eigenvalue weighted by Crippen LogP contribution is 2.30. The zero-order valence-corrected chi connectivity index (χ0v) is 17.8. The van der Waals surface area contributed by atoms with Crippen molar-refractivity contribution >= 4 is 5.91 Å². The Labute approximate surface area is 182 Å². The lowest BCUT2D eigenvalue weighted by Crippen LogP contribution is -2.32. The second-order valence-corrected chi connectivity index (χ2v) is 7.48. The molecule has 0 saturated carbocycles. The molecule has 7 heteroatoms. The first-order valence-corrected chi connectivity index (χ1v) is 10.9. The lowest BCUT2D eigenvalue weighted by molar-refractivity contribution is -0.123. The fraction of sp³-hybridized carbons (Fsp3) is 0.375. The van der Waals surface area contributed by atoms with E-state index in [0.29, 0.717) is 25.4 Å². The van der Waals surface area contributed by atoms with E-state index >= 15 is 0 Å². The topological polar surface area (TPSA) is 78.3 Å². The van der Waals surface area contributed by atoms with Gasteiger partial charge < -0.3 is 14.8 Å². The Bertz CT molecular complexity index is 1000. The summed E-state index contributed by atoms with van der Waals surface area (Å²) in [7, 11) is 0. The standard InChI is InChI=1S/C24H28N4O3/c1-2-30-19-7-9-20(10-8-19)31-17-23(29)26-15-16-28-22-6-4-3-5-21(22)24(27-28)18-11-13-25-14-12-18/h7-14H,2-6,15-17H2,1H3,(H,26,29). The van der Waals surface area contributed by atoms with Gasteiger partial charge in [-0.2, -0.15) is 5.10 Å². The number of fused-ring (bicyclic) bond motifs is 1. The van der Waals surface area contributed by atoms with Gasteiger partial charge >= 0.3 is 0 Å². The van der Waals surface area contributed by atoms with Crippen molar-refractivity contribution in [3.63, 3.8) is 0 Å². The lowest BCUT2D eigenvalue weighted by atomic mass is 9.94. The number of pyridine rings is 1. The number of hydrogen-bond donors (Lipinski definition) is 1. The van der Waals surface area contributed by atoms with Crippen LogP contribution in [0.15, 0.2) is 48.8 Å². The van der Waals surface area contributed by atoms with E-state index in [1.54, 1.807) is 24.5 Å². The van der Waals surface area contributed by atoms with Crippen molar-refractivity contribution < 1.29 is 14.3 Å². The Morgan fingerprint density at radius 1 is 1.03 bits per heavy atom. The maximum absolute atomic E-state index is 12.2. The van der Waals surface area contributed by atoms with Crippen LogP contribution in [-0.2, 0) is 24.2 Å². The van der Waals surface area contributed by atoms with Crippen LogP contribution < -0.4 is 14.8 Å². The molecule has 0 unspecified atom stereocenters. The molecule has 0 spiro atoms. The molecule has 0 fully saturated rings. The molecule has 0 saturated heterocycles. The highest BCUT2D eigenvalue weighted by molar-refractivity contribution is 5.77. The van der Waals surface area contributed by atoms with Crippen molar-refractivity contribution in [3.8, 4) is 22.8 Å². The molecule has 0 radical (unpaired) electrons. The summed E-state index contributed by atoms with van der Waals surface area (Å²) in [6, 6.07) is 11.3. The number of amides is 1. The summed E-state index contributed by atoms with van der Waals surface area (Å²) in [5.74, 6) is 1.28. The quantitative estimate of drug-likeness (QED) is 0.574. The second kappa shape index (κ2) is 10.1. The Morgan fingerprint density at radius 3 is 2.48 bits per heavy atom. The van der Waals surface area contributed by atoms with E-state index in [1.165, 1.54) is 24.1 Å². The SMILES string of the molecule is CCOc1ccc(OCC(=O)NCCn2nc(-c3ccncc3)c3c2CCCC3)cc1. The summed E-state index contributed by atoms with van der Waals surface area (Å²) in [5, 5.41) is 7.80. The zero-order valence-electron chi connectivity index (χ0n) is 17.8. The van der Waals surface area contributed by atoms with E-state index < -0.39 is 0 Å². The van der Waals surface area contributed by atoms with Crippen LogP contribution in [0.2, 0.25) is 0 Å². The predicted molar refractivity (Wildman–Crippen MR) is 118 cm³/mol. The van der Waals surface area contributed by atoms with Crippen molar-refractivity contribution in [1.82, 2.24) is 20.1 Å². The van der Waals surface area contributed by atoms with Crippen molar-refractivity contribution in [1.29, 1.82) is 0 Å². The normalized spacial score (nSPS) is 12.8. The smallest absolute Gasteiger partial charge is 0.258 e. The van der Waals surface area contributed by atoms with Gasteiger partial charge in [0.15, 0.2) is 6.61 Å². The third-order valence-corrected chi connectivity index (χ3v) is 5.36. The average Bonchev–Trinajstić information content (AvgIpc) is 3.18. The molecule has 0 bridgehead atoms. The van der Waals surface area contributed by atoms with Gasteiger partial charge in [0.1, 0.15) is 11.5 Å². The fourth-order valence-electron chi connectivity index (χ4n) is 3.90. The van der Waals surface area contributed by atoms with Crippen LogP contribution in [0, 0.1) is 0 Å². The van der Waals surface area contributed by atoms with Gasteiger partial charge in [0, 0.05) is 35.8 Å². The molecule has 1 aliphatic carbocycles. The number of aromatic nitrogens is 3. The fourth-order valence-corrected chi connectivity index (χ4v) is 3.90. The van der Waals surface area contributed by atoms with Crippen molar-refractivity contribution in [2.24, 2.45) is 0 Å². The van der Waals surface area contributed by atoms with Crippen LogP contribution in [0.1, 0.15) is 31.0 Å². The highest BCUT2D eigenvalue weighted by Gasteiger charge is 2.21. The van der Waals surface area contributed by atoms with Crippen LogP contribution in [-0.4, -0.2) is 40.4 Å². The van der Waals surface area contributed by atoms with Gasteiger partial charge in [-0.1, -0.05) is 0 Å². The third-order valence-electron chi connectivity index (χ3n) is 5.36. The Morgan fingerprint density at radius 2 is 1.74 bits per heavy atom. The molecule has 1 aromatic carbocycles. The summed E-state index contributed by atoms with van der Waals surface area (Å²) in [4.78, 5) is 16.3. The maximum Gasteiger partial charge on any atom is 0.258 e. The largest absolute Gasteiger partial charge is 0.494 e. The first-order valence-electron chi connectivity index (χ1n) is 10.9. The van der Waals surface area contributed by atoms with E-state index in [2.05, 4.69) is 15.0 Å². The molecule has 1 aliphatic rings. The lowest BCUT2D eigenvalue weighted by Gasteiger charge is -2.14. The Kier molecular flexibility index (Phi) is 6.82. The molecule has 0 atom stereocenters. The molecule has 31 heavy (non-hydrogen) atoms. The summed E-state index contributed by atoms with van der Waals surface area (Å²) < 4.78 is 13.0. The van der Waals surface area contributed by atoms with Crippen LogP contribution in [0.4, 0.5) is 0 Å². The molecule has 4 rings (SSSR count). The number of nitrogens with zero attached hydrogens (tertiary/aromatic N) is 3. The van der Waals surface area contributed by atoms with Gasteiger partial charge in [0.05, 0.1) is 18.8 Å². The minimum Gasteiger partial charge on any atom is -0.494 e. The molecule has 2 aromatic heterocycles. The van der Waals surface area contributed by atoms with Crippen molar-refractivity contribution in [3.05, 3.63) is 60.0 Å². The van der Waals surface area contributed by atoms with Crippen LogP contribution >= 0.6 is 0 Å². The van der Waals surface area contributed by atoms with Gasteiger partial charge in [0.25, 0.3) is 5.91 Å². The van der Waals surface area contributed by atoms with E-state index in [0.717, 1.165) is 29.8 Å². The molecular formula is C24H28N4O3. The molecule has 3 aromatic rings. The summed E-state index contributed by atoms with van der Waals surface area (Å²) in [6.07, 6.45) is 8.05. The van der Waals surface area contributed by atoms with Gasteiger partial charge in [-0.3, -0.25) is 14.5 Å². The van der Waals surface area contributed by atoms with Gasteiger partial charge in [-0.25, -0.2) is 0 Å². The second-order valence-electron chi connectivity index (χ2n) is 7.48. The van der Waals surface area contributed by atoms with Crippen LogP contribution in [0.25, 0.3) is 11.3 Å². The van der Waals surface area contributed by atoms with Crippen LogP contribution in [0.5, 0.6) is 11.5 Å². The van der Waals surface area contributed by atoms with Crippen molar-refractivity contribution in [2.45, 2.75) is 39.2 Å². The number of benzene rings is 1. The van der Waals surface area contributed by atoms with E-state index in [-0.39, 0.29) is 12.5 Å². The number of rotatable bonds is 9. The van der Waals surface area contributed by atoms with Gasteiger partial charge in [-0.15, -0.1) is 0 Å². The predicted octanol–water partition coefficient (Wildman–Crippen LogP) is 3.42. The molecule has 7 nitrogen and oxygen atoms in total. The van der Waals surface area contributed by atoms with E-state index in [1.807, 2.05) is 31.2 Å². The number of ether oxygens (including phenoxy) is 2. The molecule has 1 N–H and O–H groups in total. The summed E-state index contributed by atoms with van der Waals surface area (Å²) in [5.41, 5.74) is 4.77. The molecule has 2 heterocycles. The summed E-state index contributed by atoms with van der Waals surface area (Å²) in [6.45, 7) is 3.69. The first kappa shape index (κ1) is 20.9. The number of carbonyl (C=O) groups excluding carboxylic acids is 1. The number of hydrogen-bond acceptors (Lipinski definition) is 5. The van der Waals surface area contributed by atoms with Gasteiger partial charge in [-0.05, 0) is 69.0 Å². The maximum atomic E-state index is 12.2. The highest BCUT2D eigenvalue weighted by atomic mass is 16.5. The number of nitrogens with one attached hydrogen (secondary N) is 1. The molecular weight excluding hydrogens is 392 g/mol. The zero-order chi connectivity index (χ0) is 21.5. The molecule has 162 valence electrons. The van der Waals surface area contributed by atoms with Gasteiger partial charge in [0.2, 0.25) is 0 Å². The van der Waals surface area contributed by atoms with Crippen molar-refractivity contribution in [2.75, 3.05) is 19.8 Å². The first-order chi connectivity index (χ1) is 15.2.